The molecule has 3 nitrogen and oxygen atoms in total. The van der Waals surface area contributed by atoms with Crippen molar-refractivity contribution in [3.63, 3.8) is 0 Å². The lowest BCUT2D eigenvalue weighted by Gasteiger charge is -1.92. The second-order valence-electron chi connectivity index (χ2n) is 1.92. The van der Waals surface area contributed by atoms with E-state index in [0.29, 0.717) is 0 Å². The topological polar surface area (TPSA) is 50.2 Å². The highest BCUT2D eigenvalue weighted by molar-refractivity contribution is 7.79. The fourth-order valence-corrected chi connectivity index (χ4v) is 0.885. The van der Waals surface area contributed by atoms with Gasteiger partial charge in [0, 0.05) is 6.20 Å². The van der Waals surface area contributed by atoms with Crippen molar-refractivity contribution in [3.05, 3.63) is 23.9 Å². The molecule has 1 atom stereocenters. The van der Waals surface area contributed by atoms with Crippen LogP contribution >= 0.6 is 0 Å². The first-order chi connectivity index (χ1) is 4.70. The molecular formula is C6H7NO2S. The first kappa shape index (κ1) is 7.37. The smallest absolute Gasteiger partial charge is 0.205 e. The number of hydrogen-bond acceptors (Lipinski definition) is 2. The minimum atomic E-state index is -1.95. The summed E-state index contributed by atoms with van der Waals surface area (Å²) in [5.74, 6) is 0. The zero-order valence-electron chi connectivity index (χ0n) is 5.44. The summed E-state index contributed by atoms with van der Waals surface area (Å²) in [6.07, 6.45) is 1.56. The van der Waals surface area contributed by atoms with Crippen molar-refractivity contribution in [2.24, 2.45) is 0 Å². The minimum Gasteiger partial charge on any atom is -0.301 e. The Morgan fingerprint density at radius 2 is 2.30 bits per heavy atom. The Bertz CT molecular complexity index is 244. The van der Waals surface area contributed by atoms with Gasteiger partial charge >= 0.3 is 0 Å². The van der Waals surface area contributed by atoms with Crippen LogP contribution in [0.1, 0.15) is 5.56 Å². The van der Waals surface area contributed by atoms with E-state index in [-0.39, 0.29) is 5.03 Å². The third kappa shape index (κ3) is 1.62. The molecule has 1 N–H and O–H groups in total. The molecule has 0 spiro atoms. The molecule has 1 aromatic heterocycles. The van der Waals surface area contributed by atoms with Crippen LogP contribution in [0.2, 0.25) is 0 Å². The molecule has 54 valence electrons. The Hall–Kier alpha value is -0.740. The number of hydrogen-bond donors (Lipinski definition) is 1. The molecule has 1 rings (SSSR count). The highest BCUT2D eigenvalue weighted by Gasteiger charge is 1.97. The normalized spacial score (nSPS) is 13.0. The predicted octanol–water partition coefficient (Wildman–Crippen LogP) is 0.971. The Labute approximate surface area is 61.4 Å². The number of rotatable bonds is 1. The Balaban J connectivity index is 3.00. The third-order valence-electron chi connectivity index (χ3n) is 1.06. The summed E-state index contributed by atoms with van der Waals surface area (Å²) in [5.41, 5.74) is 0.981. The summed E-state index contributed by atoms with van der Waals surface area (Å²) in [6, 6.07) is 3.28. The molecule has 0 amide bonds. The van der Waals surface area contributed by atoms with Crippen molar-refractivity contribution in [1.82, 2.24) is 4.98 Å². The van der Waals surface area contributed by atoms with Gasteiger partial charge in [-0.25, -0.2) is 9.19 Å². The summed E-state index contributed by atoms with van der Waals surface area (Å²) in [7, 11) is 0. The van der Waals surface area contributed by atoms with Gasteiger partial charge in [-0.2, -0.15) is 0 Å². The molecule has 0 radical (unpaired) electrons. The largest absolute Gasteiger partial charge is 0.301 e. The van der Waals surface area contributed by atoms with Gasteiger partial charge in [0.1, 0.15) is 0 Å². The van der Waals surface area contributed by atoms with Crippen LogP contribution < -0.4 is 0 Å². The van der Waals surface area contributed by atoms with Gasteiger partial charge in [-0.3, -0.25) is 0 Å². The second kappa shape index (κ2) is 2.90. The van der Waals surface area contributed by atoms with Gasteiger partial charge in [-0.05, 0) is 18.6 Å². The maximum atomic E-state index is 10.4. The van der Waals surface area contributed by atoms with Crippen LogP contribution in [0.4, 0.5) is 0 Å². The SMILES string of the molecule is Cc1ccc(S(=O)O)nc1. The molecule has 0 aliphatic carbocycles. The van der Waals surface area contributed by atoms with Crippen LogP contribution in [0.25, 0.3) is 0 Å². The van der Waals surface area contributed by atoms with Crippen molar-refractivity contribution < 1.29 is 8.76 Å². The van der Waals surface area contributed by atoms with Gasteiger partial charge in [0.15, 0.2) is 5.03 Å². The van der Waals surface area contributed by atoms with E-state index in [1.54, 1.807) is 12.3 Å². The van der Waals surface area contributed by atoms with Gasteiger partial charge in [0.05, 0.1) is 0 Å². The van der Waals surface area contributed by atoms with E-state index in [1.807, 2.05) is 6.92 Å². The molecule has 1 unspecified atom stereocenters. The number of aromatic nitrogens is 1. The zero-order valence-corrected chi connectivity index (χ0v) is 6.26. The summed E-state index contributed by atoms with van der Waals surface area (Å²) < 4.78 is 18.9. The molecule has 0 bridgehead atoms. The van der Waals surface area contributed by atoms with E-state index in [4.69, 9.17) is 4.55 Å². The summed E-state index contributed by atoms with van der Waals surface area (Å²) in [4.78, 5) is 3.73. The third-order valence-corrected chi connectivity index (χ3v) is 1.66. The van der Waals surface area contributed by atoms with Crippen LogP contribution in [0, 0.1) is 6.92 Å². The molecular weight excluding hydrogens is 150 g/mol. The van der Waals surface area contributed by atoms with Crippen molar-refractivity contribution in [3.8, 4) is 0 Å². The predicted molar refractivity (Wildman–Crippen MR) is 38.0 cm³/mol. The summed E-state index contributed by atoms with van der Waals surface area (Å²) in [5, 5.41) is 0.200. The van der Waals surface area contributed by atoms with Gasteiger partial charge < -0.3 is 4.55 Å². The first-order valence-electron chi connectivity index (χ1n) is 2.73. The van der Waals surface area contributed by atoms with E-state index >= 15 is 0 Å². The molecule has 0 aliphatic rings. The van der Waals surface area contributed by atoms with Crippen LogP contribution in [0.15, 0.2) is 23.4 Å². The van der Waals surface area contributed by atoms with E-state index in [9.17, 15) is 4.21 Å². The van der Waals surface area contributed by atoms with Gasteiger partial charge in [0.2, 0.25) is 11.1 Å². The molecule has 0 saturated heterocycles. The summed E-state index contributed by atoms with van der Waals surface area (Å²) in [6.45, 7) is 1.87. The molecule has 0 saturated carbocycles. The average Bonchev–Trinajstić information content (AvgIpc) is 1.88. The number of pyridine rings is 1. The van der Waals surface area contributed by atoms with Crippen molar-refractivity contribution in [1.29, 1.82) is 0 Å². The molecule has 1 heterocycles. The van der Waals surface area contributed by atoms with Crippen LogP contribution in [0.3, 0.4) is 0 Å². The monoisotopic (exact) mass is 157 g/mol. The Kier molecular flexibility index (Phi) is 2.13. The Morgan fingerprint density at radius 1 is 1.60 bits per heavy atom. The Morgan fingerprint density at radius 3 is 2.70 bits per heavy atom. The number of nitrogens with zero attached hydrogens (tertiary/aromatic N) is 1. The van der Waals surface area contributed by atoms with Gasteiger partial charge in [-0.15, -0.1) is 0 Å². The van der Waals surface area contributed by atoms with Crippen LogP contribution in [-0.4, -0.2) is 13.7 Å². The molecule has 1 aromatic rings. The van der Waals surface area contributed by atoms with E-state index in [2.05, 4.69) is 4.98 Å². The van der Waals surface area contributed by atoms with E-state index in [0.717, 1.165) is 5.56 Å². The van der Waals surface area contributed by atoms with E-state index < -0.39 is 11.1 Å². The number of aryl methyl sites for hydroxylation is 1. The molecule has 10 heavy (non-hydrogen) atoms. The van der Waals surface area contributed by atoms with Crippen molar-refractivity contribution in [2.75, 3.05) is 0 Å². The zero-order chi connectivity index (χ0) is 7.56. The maximum absolute atomic E-state index is 10.4. The fraction of sp³-hybridized carbons (Fsp3) is 0.167. The van der Waals surface area contributed by atoms with Gasteiger partial charge in [0.25, 0.3) is 0 Å². The highest BCUT2D eigenvalue weighted by Crippen LogP contribution is 2.00. The highest BCUT2D eigenvalue weighted by atomic mass is 32.2. The summed E-state index contributed by atoms with van der Waals surface area (Å²) >= 11 is -1.95. The van der Waals surface area contributed by atoms with E-state index in [1.165, 1.54) is 6.07 Å². The average molecular weight is 157 g/mol. The fourth-order valence-electron chi connectivity index (χ4n) is 0.558. The van der Waals surface area contributed by atoms with Crippen molar-refractivity contribution in [2.45, 2.75) is 11.9 Å². The second-order valence-corrected chi connectivity index (χ2v) is 2.84. The lowest BCUT2D eigenvalue weighted by molar-refractivity contribution is 0.560. The standard InChI is InChI=1S/C6H7NO2S/c1-5-2-3-6(7-4-5)10(8)9/h2-4H,1H3,(H,8,9). The van der Waals surface area contributed by atoms with Gasteiger partial charge in [-0.1, -0.05) is 6.07 Å². The molecule has 0 aromatic carbocycles. The van der Waals surface area contributed by atoms with Crippen LogP contribution in [-0.2, 0) is 11.1 Å². The molecule has 0 aliphatic heterocycles. The lowest BCUT2D eigenvalue weighted by Crippen LogP contribution is -1.91. The first-order valence-corrected chi connectivity index (χ1v) is 3.84. The maximum Gasteiger partial charge on any atom is 0.205 e. The lowest BCUT2D eigenvalue weighted by atomic mass is 10.3. The van der Waals surface area contributed by atoms with Crippen molar-refractivity contribution >= 4 is 11.1 Å². The molecule has 0 fully saturated rings. The quantitative estimate of drug-likeness (QED) is 0.618. The minimum absolute atomic E-state index is 0.200. The van der Waals surface area contributed by atoms with Crippen LogP contribution in [0.5, 0.6) is 0 Å². The molecule has 4 heteroatoms.